The molecule has 0 unspecified atom stereocenters. The van der Waals surface area contributed by atoms with Crippen LogP contribution >= 0.6 is 0 Å². The smallest absolute Gasteiger partial charge is 0.277 e. The molecule has 0 fully saturated rings. The maximum absolute atomic E-state index is 11.8. The first-order chi connectivity index (χ1) is 12.7. The molecule has 2 aromatic rings. The van der Waals surface area contributed by atoms with Gasteiger partial charge in [-0.1, -0.05) is 44.0 Å². The van der Waals surface area contributed by atoms with E-state index < -0.39 is 0 Å². The number of para-hydroxylation sites is 1. The zero-order valence-corrected chi connectivity index (χ0v) is 15.4. The Morgan fingerprint density at radius 3 is 2.62 bits per heavy atom. The molecule has 2 rings (SSSR count). The fourth-order valence-electron chi connectivity index (χ4n) is 2.46. The summed E-state index contributed by atoms with van der Waals surface area (Å²) < 4.78 is 10.7. The highest BCUT2D eigenvalue weighted by Crippen LogP contribution is 2.15. The number of hydrazone groups is 1. The number of nitrogens with zero attached hydrogens (tertiary/aromatic N) is 1. The van der Waals surface area contributed by atoms with Crippen LogP contribution in [0.4, 0.5) is 0 Å². The lowest BCUT2D eigenvalue weighted by molar-refractivity contribution is -0.123. The van der Waals surface area contributed by atoms with Crippen molar-refractivity contribution in [3.05, 3.63) is 59.7 Å². The second-order valence-corrected chi connectivity index (χ2v) is 5.92. The van der Waals surface area contributed by atoms with Crippen molar-refractivity contribution in [3.8, 4) is 11.5 Å². The maximum Gasteiger partial charge on any atom is 0.277 e. The number of amides is 1. The van der Waals surface area contributed by atoms with Gasteiger partial charge in [0.05, 0.1) is 13.3 Å². The molecule has 138 valence electrons. The topological polar surface area (TPSA) is 59.9 Å². The fraction of sp³-hybridized carbons (Fsp3) is 0.333. The molecule has 0 aliphatic heterocycles. The summed E-state index contributed by atoms with van der Waals surface area (Å²) in [7, 11) is 1.59. The molecule has 0 saturated carbocycles. The average Bonchev–Trinajstić information content (AvgIpc) is 2.68. The van der Waals surface area contributed by atoms with Crippen molar-refractivity contribution in [1.29, 1.82) is 0 Å². The molecule has 1 amide bonds. The van der Waals surface area contributed by atoms with E-state index in [1.165, 1.54) is 24.8 Å². The minimum atomic E-state index is -0.317. The van der Waals surface area contributed by atoms with Gasteiger partial charge in [-0.15, -0.1) is 0 Å². The number of ether oxygens (including phenoxy) is 2. The lowest BCUT2D eigenvalue weighted by Gasteiger charge is -2.07. The normalized spacial score (nSPS) is 10.7. The maximum atomic E-state index is 11.8. The first-order valence-electron chi connectivity index (χ1n) is 8.89. The van der Waals surface area contributed by atoms with Gasteiger partial charge in [-0.3, -0.25) is 4.79 Å². The molecule has 5 nitrogen and oxygen atoms in total. The van der Waals surface area contributed by atoms with E-state index in [-0.39, 0.29) is 12.5 Å². The van der Waals surface area contributed by atoms with Gasteiger partial charge in [0.25, 0.3) is 5.91 Å². The number of rotatable bonds is 10. The van der Waals surface area contributed by atoms with Crippen LogP contribution in [0, 0.1) is 0 Å². The molecule has 0 atom stereocenters. The fourth-order valence-corrected chi connectivity index (χ4v) is 2.46. The van der Waals surface area contributed by atoms with Gasteiger partial charge in [-0.2, -0.15) is 5.10 Å². The van der Waals surface area contributed by atoms with Crippen molar-refractivity contribution in [2.75, 3.05) is 13.7 Å². The van der Waals surface area contributed by atoms with Gasteiger partial charge in [-0.05, 0) is 42.7 Å². The van der Waals surface area contributed by atoms with Gasteiger partial charge in [0.15, 0.2) is 6.61 Å². The van der Waals surface area contributed by atoms with Gasteiger partial charge in [0, 0.05) is 5.56 Å². The second kappa shape index (κ2) is 10.9. The largest absolute Gasteiger partial charge is 0.496 e. The van der Waals surface area contributed by atoms with E-state index >= 15 is 0 Å². The Bertz CT molecular complexity index is 711. The van der Waals surface area contributed by atoms with E-state index in [1.54, 1.807) is 13.3 Å². The third-order valence-corrected chi connectivity index (χ3v) is 3.89. The van der Waals surface area contributed by atoms with Crippen LogP contribution in [0.25, 0.3) is 0 Å². The summed E-state index contributed by atoms with van der Waals surface area (Å²) in [5.74, 6) is 1.05. The number of nitrogens with one attached hydrogen (secondary N) is 1. The van der Waals surface area contributed by atoms with Crippen LogP contribution < -0.4 is 14.9 Å². The van der Waals surface area contributed by atoms with Crippen LogP contribution in [-0.2, 0) is 11.2 Å². The summed E-state index contributed by atoms with van der Waals surface area (Å²) in [5.41, 5.74) is 4.52. The van der Waals surface area contributed by atoms with E-state index in [0.717, 1.165) is 12.0 Å². The van der Waals surface area contributed by atoms with Crippen LogP contribution in [0.3, 0.4) is 0 Å². The molecule has 0 spiro atoms. The SMILES string of the molecule is CCCCCc1ccc(OCC(=O)NN=Cc2ccccc2OC)cc1. The zero-order valence-electron chi connectivity index (χ0n) is 15.4. The van der Waals surface area contributed by atoms with Crippen LogP contribution in [0.5, 0.6) is 11.5 Å². The first-order valence-corrected chi connectivity index (χ1v) is 8.89. The average molecular weight is 354 g/mol. The van der Waals surface area contributed by atoms with E-state index in [9.17, 15) is 4.79 Å². The molecule has 26 heavy (non-hydrogen) atoms. The van der Waals surface area contributed by atoms with Crippen LogP contribution in [0.1, 0.15) is 37.3 Å². The summed E-state index contributed by atoms with van der Waals surface area (Å²) in [6.07, 6.45) is 6.28. The van der Waals surface area contributed by atoms with E-state index in [4.69, 9.17) is 9.47 Å². The number of unbranched alkanes of at least 4 members (excludes halogenated alkanes) is 2. The summed E-state index contributed by atoms with van der Waals surface area (Å²) in [4.78, 5) is 11.8. The van der Waals surface area contributed by atoms with Crippen molar-refractivity contribution in [3.63, 3.8) is 0 Å². The van der Waals surface area contributed by atoms with Crippen LogP contribution in [0.15, 0.2) is 53.6 Å². The number of carbonyl (C=O) groups is 1. The molecular weight excluding hydrogens is 328 g/mol. The first kappa shape index (κ1) is 19.5. The Morgan fingerprint density at radius 1 is 1.12 bits per heavy atom. The highest BCUT2D eigenvalue weighted by Gasteiger charge is 2.03. The summed E-state index contributed by atoms with van der Waals surface area (Å²) in [5, 5.41) is 3.93. The molecule has 5 heteroatoms. The Balaban J connectivity index is 1.75. The predicted molar refractivity (Wildman–Crippen MR) is 104 cm³/mol. The van der Waals surface area contributed by atoms with E-state index in [2.05, 4.69) is 17.5 Å². The van der Waals surface area contributed by atoms with Gasteiger partial charge in [-0.25, -0.2) is 5.43 Å². The van der Waals surface area contributed by atoms with Crippen LogP contribution in [-0.4, -0.2) is 25.8 Å². The van der Waals surface area contributed by atoms with Crippen molar-refractivity contribution >= 4 is 12.1 Å². The Morgan fingerprint density at radius 2 is 1.88 bits per heavy atom. The molecule has 0 aliphatic rings. The monoisotopic (exact) mass is 354 g/mol. The molecule has 0 saturated heterocycles. The van der Waals surface area contributed by atoms with Crippen molar-refractivity contribution in [2.45, 2.75) is 32.6 Å². The molecule has 0 radical (unpaired) electrons. The number of hydrogen-bond donors (Lipinski definition) is 1. The molecule has 2 aromatic carbocycles. The predicted octanol–water partition coefficient (Wildman–Crippen LogP) is 3.96. The van der Waals surface area contributed by atoms with E-state index in [0.29, 0.717) is 11.5 Å². The number of benzene rings is 2. The van der Waals surface area contributed by atoms with Crippen molar-refractivity contribution < 1.29 is 14.3 Å². The molecule has 0 aliphatic carbocycles. The Hall–Kier alpha value is -2.82. The molecule has 1 N–H and O–H groups in total. The minimum absolute atomic E-state index is 0.0849. The zero-order chi connectivity index (χ0) is 18.6. The third kappa shape index (κ3) is 6.59. The molecule has 0 aromatic heterocycles. The van der Waals surface area contributed by atoms with Crippen molar-refractivity contribution in [1.82, 2.24) is 5.43 Å². The second-order valence-electron chi connectivity index (χ2n) is 5.92. The highest BCUT2D eigenvalue weighted by molar-refractivity contribution is 5.85. The third-order valence-electron chi connectivity index (χ3n) is 3.89. The summed E-state index contributed by atoms with van der Waals surface area (Å²) in [6.45, 7) is 2.11. The van der Waals surface area contributed by atoms with Gasteiger partial charge < -0.3 is 9.47 Å². The van der Waals surface area contributed by atoms with Gasteiger partial charge in [0.1, 0.15) is 11.5 Å². The minimum Gasteiger partial charge on any atom is -0.496 e. The van der Waals surface area contributed by atoms with Crippen molar-refractivity contribution in [2.24, 2.45) is 5.10 Å². The number of hydrogen-bond acceptors (Lipinski definition) is 4. The molecule has 0 heterocycles. The highest BCUT2D eigenvalue weighted by atomic mass is 16.5. The number of methoxy groups -OCH3 is 1. The quantitative estimate of drug-likeness (QED) is 0.399. The number of carbonyl (C=O) groups excluding carboxylic acids is 1. The standard InChI is InChI=1S/C21H26N2O3/c1-3-4-5-8-17-11-13-19(14-12-17)26-16-21(24)23-22-15-18-9-6-7-10-20(18)25-2/h6-7,9-15H,3-5,8,16H2,1-2H3,(H,23,24). The lowest BCUT2D eigenvalue weighted by Crippen LogP contribution is -2.24. The summed E-state index contributed by atoms with van der Waals surface area (Å²) in [6, 6.07) is 15.3. The van der Waals surface area contributed by atoms with Crippen LogP contribution in [0.2, 0.25) is 0 Å². The Labute approximate surface area is 155 Å². The Kier molecular flexibility index (Phi) is 8.19. The van der Waals surface area contributed by atoms with Gasteiger partial charge >= 0.3 is 0 Å². The lowest BCUT2D eigenvalue weighted by atomic mass is 10.1. The summed E-state index contributed by atoms with van der Waals surface area (Å²) >= 11 is 0. The molecular formula is C21H26N2O3. The number of aryl methyl sites for hydroxylation is 1. The van der Waals surface area contributed by atoms with E-state index in [1.807, 2.05) is 48.5 Å². The molecule has 0 bridgehead atoms. The van der Waals surface area contributed by atoms with Gasteiger partial charge in [0.2, 0.25) is 0 Å².